The predicted molar refractivity (Wildman–Crippen MR) is 120 cm³/mol. The molecule has 0 radical (unpaired) electrons. The molecule has 1 aromatic heterocycles. The van der Waals surface area contributed by atoms with Crippen LogP contribution < -0.4 is 4.90 Å². The van der Waals surface area contributed by atoms with Gasteiger partial charge in [-0.1, -0.05) is 53.2 Å². The molecular weight excluding hydrogens is 382 g/mol. The molecule has 29 heavy (non-hydrogen) atoms. The van der Waals surface area contributed by atoms with E-state index >= 15 is 0 Å². The minimum Gasteiger partial charge on any atom is -0.369 e. The first-order valence-corrected chi connectivity index (χ1v) is 10.8. The van der Waals surface area contributed by atoms with E-state index in [9.17, 15) is 0 Å². The molecule has 5 nitrogen and oxygen atoms in total. The summed E-state index contributed by atoms with van der Waals surface area (Å²) in [6.07, 6.45) is 4.04. The fourth-order valence-electron chi connectivity index (χ4n) is 4.03. The van der Waals surface area contributed by atoms with E-state index in [-0.39, 0.29) is 0 Å². The summed E-state index contributed by atoms with van der Waals surface area (Å²) in [6.45, 7) is 8.66. The molecule has 0 unspecified atom stereocenters. The number of hydrogen-bond acceptors (Lipinski definition) is 4. The quantitative estimate of drug-likeness (QED) is 0.538. The van der Waals surface area contributed by atoms with E-state index in [0.717, 1.165) is 68.4 Å². The SMILES string of the molecule is Cc1ccccc1N1CCN(CCCCn2nncc2-c2ccccc2Cl)CC1. The highest BCUT2D eigenvalue weighted by Gasteiger charge is 2.18. The second kappa shape index (κ2) is 9.42. The van der Waals surface area contributed by atoms with Crippen molar-refractivity contribution in [1.29, 1.82) is 0 Å². The van der Waals surface area contributed by atoms with Crippen LogP contribution in [0.15, 0.2) is 54.7 Å². The number of para-hydroxylation sites is 1. The standard InChI is InChI=1S/C23H28ClN5/c1-19-8-2-5-11-22(19)28-16-14-27(15-17-28)12-6-7-13-29-23(18-25-26-29)20-9-3-4-10-21(20)24/h2-5,8-11,18H,6-7,12-17H2,1H3. The lowest BCUT2D eigenvalue weighted by molar-refractivity contribution is 0.250. The lowest BCUT2D eigenvalue weighted by Crippen LogP contribution is -2.46. The highest BCUT2D eigenvalue weighted by Crippen LogP contribution is 2.26. The van der Waals surface area contributed by atoms with E-state index in [1.807, 2.05) is 28.9 Å². The summed E-state index contributed by atoms with van der Waals surface area (Å²) in [5.41, 5.74) is 4.72. The summed E-state index contributed by atoms with van der Waals surface area (Å²) >= 11 is 6.34. The van der Waals surface area contributed by atoms with Crippen LogP contribution >= 0.6 is 11.6 Å². The molecule has 0 bridgehead atoms. The van der Waals surface area contributed by atoms with E-state index in [4.69, 9.17) is 11.6 Å². The molecule has 1 aliphatic heterocycles. The van der Waals surface area contributed by atoms with Gasteiger partial charge in [0.2, 0.25) is 0 Å². The van der Waals surface area contributed by atoms with Crippen molar-refractivity contribution in [2.45, 2.75) is 26.3 Å². The Labute approximate surface area is 177 Å². The summed E-state index contributed by atoms with van der Waals surface area (Å²) in [5, 5.41) is 9.09. The van der Waals surface area contributed by atoms with Gasteiger partial charge in [0.15, 0.2) is 0 Å². The molecule has 0 spiro atoms. The van der Waals surface area contributed by atoms with Crippen molar-refractivity contribution < 1.29 is 0 Å². The van der Waals surface area contributed by atoms with Crippen LogP contribution in [0, 0.1) is 6.92 Å². The van der Waals surface area contributed by atoms with Crippen molar-refractivity contribution in [2.24, 2.45) is 0 Å². The van der Waals surface area contributed by atoms with Gasteiger partial charge in [-0.15, -0.1) is 5.10 Å². The Bertz CT molecular complexity index is 930. The molecule has 0 atom stereocenters. The zero-order valence-electron chi connectivity index (χ0n) is 17.0. The molecule has 0 N–H and O–H groups in total. The number of piperazine rings is 1. The van der Waals surface area contributed by atoms with Crippen LogP contribution in [0.2, 0.25) is 5.02 Å². The van der Waals surface area contributed by atoms with Gasteiger partial charge in [0.1, 0.15) is 0 Å². The molecular formula is C23H28ClN5. The molecule has 4 rings (SSSR count). The second-order valence-electron chi connectivity index (χ2n) is 7.64. The largest absolute Gasteiger partial charge is 0.369 e. The van der Waals surface area contributed by atoms with Crippen LogP contribution in [0.3, 0.4) is 0 Å². The predicted octanol–water partition coefficient (Wildman–Crippen LogP) is 4.51. The van der Waals surface area contributed by atoms with Crippen LogP contribution in [0.4, 0.5) is 5.69 Å². The van der Waals surface area contributed by atoms with E-state index in [1.54, 1.807) is 6.20 Å². The Morgan fingerprint density at radius 2 is 1.62 bits per heavy atom. The third-order valence-corrected chi connectivity index (χ3v) is 6.02. The van der Waals surface area contributed by atoms with E-state index in [0.29, 0.717) is 0 Å². The monoisotopic (exact) mass is 409 g/mol. The van der Waals surface area contributed by atoms with E-state index < -0.39 is 0 Å². The Hall–Kier alpha value is -2.37. The molecule has 1 fully saturated rings. The third-order valence-electron chi connectivity index (χ3n) is 5.69. The van der Waals surface area contributed by atoms with Crippen molar-refractivity contribution in [3.05, 3.63) is 65.3 Å². The van der Waals surface area contributed by atoms with Gasteiger partial charge in [-0.25, -0.2) is 4.68 Å². The number of aromatic nitrogens is 3. The van der Waals surface area contributed by atoms with Gasteiger partial charge in [0, 0.05) is 44.0 Å². The zero-order valence-corrected chi connectivity index (χ0v) is 17.7. The number of anilines is 1. The number of halogens is 1. The fraction of sp³-hybridized carbons (Fsp3) is 0.391. The van der Waals surface area contributed by atoms with E-state index in [1.165, 1.54) is 11.3 Å². The highest BCUT2D eigenvalue weighted by atomic mass is 35.5. The lowest BCUT2D eigenvalue weighted by Gasteiger charge is -2.36. The second-order valence-corrected chi connectivity index (χ2v) is 8.05. The Morgan fingerprint density at radius 3 is 2.41 bits per heavy atom. The first-order valence-electron chi connectivity index (χ1n) is 10.4. The molecule has 1 saturated heterocycles. The summed E-state index contributed by atoms with van der Waals surface area (Å²) in [4.78, 5) is 5.09. The smallest absolute Gasteiger partial charge is 0.0900 e. The average Bonchev–Trinajstić information content (AvgIpc) is 3.21. The van der Waals surface area contributed by atoms with Crippen molar-refractivity contribution in [2.75, 3.05) is 37.6 Å². The van der Waals surface area contributed by atoms with Crippen LogP contribution in [-0.4, -0.2) is 52.6 Å². The van der Waals surface area contributed by atoms with Crippen LogP contribution in [0.25, 0.3) is 11.3 Å². The average molecular weight is 410 g/mol. The maximum atomic E-state index is 6.34. The molecule has 0 aliphatic carbocycles. The van der Waals surface area contributed by atoms with Gasteiger partial charge < -0.3 is 4.90 Å². The Balaban J connectivity index is 1.23. The van der Waals surface area contributed by atoms with Crippen LogP contribution in [-0.2, 0) is 6.54 Å². The number of hydrogen-bond donors (Lipinski definition) is 0. The summed E-state index contributed by atoms with van der Waals surface area (Å²) in [5.74, 6) is 0. The van der Waals surface area contributed by atoms with Gasteiger partial charge in [0.05, 0.1) is 16.9 Å². The Kier molecular flexibility index (Phi) is 6.47. The first kappa shape index (κ1) is 19.9. The van der Waals surface area contributed by atoms with Gasteiger partial charge >= 0.3 is 0 Å². The minimum atomic E-state index is 0.738. The first-order chi connectivity index (χ1) is 14.2. The van der Waals surface area contributed by atoms with Crippen molar-refractivity contribution in [1.82, 2.24) is 19.9 Å². The molecule has 3 aromatic rings. The maximum absolute atomic E-state index is 6.34. The normalized spacial score (nSPS) is 15.0. The topological polar surface area (TPSA) is 37.2 Å². The zero-order chi connectivity index (χ0) is 20.1. The third kappa shape index (κ3) is 4.80. The van der Waals surface area contributed by atoms with Gasteiger partial charge in [-0.3, -0.25) is 4.90 Å². The van der Waals surface area contributed by atoms with Gasteiger partial charge in [-0.05, 0) is 44.0 Å². The number of aryl methyl sites for hydroxylation is 2. The molecule has 0 amide bonds. The summed E-state index contributed by atoms with van der Waals surface area (Å²) in [6, 6.07) is 16.5. The van der Waals surface area contributed by atoms with E-state index in [2.05, 4.69) is 51.3 Å². The highest BCUT2D eigenvalue weighted by molar-refractivity contribution is 6.33. The fourth-order valence-corrected chi connectivity index (χ4v) is 4.26. The molecule has 0 saturated carbocycles. The van der Waals surface area contributed by atoms with Gasteiger partial charge in [-0.2, -0.15) is 0 Å². The number of rotatable bonds is 7. The Morgan fingerprint density at radius 1 is 0.897 bits per heavy atom. The number of unbranched alkanes of at least 4 members (excludes halogenated alkanes) is 1. The molecule has 2 aromatic carbocycles. The molecule has 152 valence electrons. The molecule has 6 heteroatoms. The van der Waals surface area contributed by atoms with Crippen molar-refractivity contribution >= 4 is 17.3 Å². The number of benzene rings is 2. The van der Waals surface area contributed by atoms with Crippen molar-refractivity contribution in [3.63, 3.8) is 0 Å². The lowest BCUT2D eigenvalue weighted by atomic mass is 10.1. The van der Waals surface area contributed by atoms with Crippen molar-refractivity contribution in [3.8, 4) is 11.3 Å². The summed E-state index contributed by atoms with van der Waals surface area (Å²) < 4.78 is 1.97. The molecule has 2 heterocycles. The van der Waals surface area contributed by atoms with Crippen LogP contribution in [0.1, 0.15) is 18.4 Å². The van der Waals surface area contributed by atoms with Crippen LogP contribution in [0.5, 0.6) is 0 Å². The number of nitrogens with zero attached hydrogens (tertiary/aromatic N) is 5. The van der Waals surface area contributed by atoms with Gasteiger partial charge in [0.25, 0.3) is 0 Å². The minimum absolute atomic E-state index is 0.738. The molecule has 1 aliphatic rings. The maximum Gasteiger partial charge on any atom is 0.0900 e. The summed E-state index contributed by atoms with van der Waals surface area (Å²) in [7, 11) is 0.